The lowest BCUT2D eigenvalue weighted by molar-refractivity contribution is -0.147. The second kappa shape index (κ2) is 6.85. The smallest absolute Gasteiger partial charge is 0.326 e. The third-order valence-electron chi connectivity index (χ3n) is 2.44. The number of nitrogens with one attached hydrogen (secondary N) is 1. The number of amides is 1. The number of carboxylic acid groups (broad SMARTS) is 1. The molecule has 1 rings (SSSR count). The van der Waals surface area contributed by atoms with Crippen LogP contribution in [0.5, 0.6) is 0 Å². The number of aliphatic carboxylic acids is 1. The number of halogens is 1. The lowest BCUT2D eigenvalue weighted by Crippen LogP contribution is -2.42. The number of rotatable bonds is 5. The Balaban J connectivity index is 2.85. The van der Waals surface area contributed by atoms with Crippen molar-refractivity contribution >= 4 is 29.4 Å². The SMILES string of the molecule is COC(=O)C[C@H](NC(=O)c1cnc(C)cc1Cl)C(=O)O. The zero-order valence-electron chi connectivity index (χ0n) is 10.8. The number of methoxy groups -OCH3 is 1. The predicted octanol–water partition coefficient (Wildman–Crippen LogP) is 0.790. The molecule has 0 spiro atoms. The van der Waals surface area contributed by atoms with E-state index in [4.69, 9.17) is 16.7 Å². The molecule has 0 aromatic carbocycles. The zero-order valence-corrected chi connectivity index (χ0v) is 11.6. The van der Waals surface area contributed by atoms with Crippen LogP contribution in [0.15, 0.2) is 12.3 Å². The van der Waals surface area contributed by atoms with Gasteiger partial charge in [0.1, 0.15) is 6.04 Å². The Kier molecular flexibility index (Phi) is 5.45. The second-order valence-electron chi connectivity index (χ2n) is 3.95. The van der Waals surface area contributed by atoms with Crippen molar-refractivity contribution in [2.75, 3.05) is 7.11 Å². The van der Waals surface area contributed by atoms with Crippen LogP contribution < -0.4 is 5.32 Å². The summed E-state index contributed by atoms with van der Waals surface area (Å²) in [5.41, 5.74) is 0.657. The number of carbonyl (C=O) groups excluding carboxylic acids is 2. The maximum atomic E-state index is 11.9. The first-order valence-corrected chi connectivity index (χ1v) is 5.95. The van der Waals surface area contributed by atoms with E-state index < -0.39 is 30.3 Å². The molecular formula is C12H13ClN2O5. The highest BCUT2D eigenvalue weighted by atomic mass is 35.5. The monoisotopic (exact) mass is 300 g/mol. The fraction of sp³-hybridized carbons (Fsp3) is 0.333. The van der Waals surface area contributed by atoms with Crippen LogP contribution >= 0.6 is 11.6 Å². The summed E-state index contributed by atoms with van der Waals surface area (Å²) in [7, 11) is 1.13. The van der Waals surface area contributed by atoms with Crippen molar-refractivity contribution < 1.29 is 24.2 Å². The fourth-order valence-corrected chi connectivity index (χ4v) is 1.67. The number of aryl methyl sites for hydroxylation is 1. The van der Waals surface area contributed by atoms with Gasteiger partial charge >= 0.3 is 11.9 Å². The highest BCUT2D eigenvalue weighted by Gasteiger charge is 2.25. The number of nitrogens with zero attached hydrogens (tertiary/aromatic N) is 1. The summed E-state index contributed by atoms with van der Waals surface area (Å²) in [6.45, 7) is 1.70. The van der Waals surface area contributed by atoms with Crippen molar-refractivity contribution in [2.45, 2.75) is 19.4 Å². The molecule has 0 aliphatic rings. The number of pyridine rings is 1. The van der Waals surface area contributed by atoms with Crippen molar-refractivity contribution in [3.63, 3.8) is 0 Å². The highest BCUT2D eigenvalue weighted by Crippen LogP contribution is 2.15. The van der Waals surface area contributed by atoms with Crippen LogP contribution in [0.25, 0.3) is 0 Å². The summed E-state index contributed by atoms with van der Waals surface area (Å²) in [6, 6.07) is 0.0827. The van der Waals surface area contributed by atoms with Crippen molar-refractivity contribution in [1.82, 2.24) is 10.3 Å². The molecule has 0 unspecified atom stereocenters. The molecule has 1 amide bonds. The molecular weight excluding hydrogens is 288 g/mol. The van der Waals surface area contributed by atoms with Gasteiger partial charge in [0.25, 0.3) is 5.91 Å². The van der Waals surface area contributed by atoms with Crippen molar-refractivity contribution in [3.8, 4) is 0 Å². The Bertz CT molecular complexity index is 547. The summed E-state index contributed by atoms with van der Waals surface area (Å²) < 4.78 is 4.37. The molecule has 1 aromatic heterocycles. The molecule has 1 heterocycles. The Labute approximate surface area is 119 Å². The molecule has 0 saturated heterocycles. The summed E-state index contributed by atoms with van der Waals surface area (Å²) in [6.07, 6.45) is 0.762. The van der Waals surface area contributed by atoms with Crippen LogP contribution in [0.1, 0.15) is 22.5 Å². The number of carbonyl (C=O) groups is 3. The molecule has 1 aromatic rings. The molecule has 0 bridgehead atoms. The van der Waals surface area contributed by atoms with E-state index in [1.54, 1.807) is 6.92 Å². The van der Waals surface area contributed by atoms with E-state index in [9.17, 15) is 14.4 Å². The van der Waals surface area contributed by atoms with Gasteiger partial charge in [-0.15, -0.1) is 0 Å². The van der Waals surface area contributed by atoms with E-state index in [-0.39, 0.29) is 10.6 Å². The van der Waals surface area contributed by atoms with Gasteiger partial charge in [-0.2, -0.15) is 0 Å². The van der Waals surface area contributed by atoms with Gasteiger partial charge in [0.15, 0.2) is 0 Å². The number of aromatic nitrogens is 1. The molecule has 0 fully saturated rings. The average molecular weight is 301 g/mol. The van der Waals surface area contributed by atoms with Gasteiger partial charge in [-0.25, -0.2) is 4.79 Å². The fourth-order valence-electron chi connectivity index (χ4n) is 1.38. The second-order valence-corrected chi connectivity index (χ2v) is 4.36. The lowest BCUT2D eigenvalue weighted by Gasteiger charge is -2.13. The predicted molar refractivity (Wildman–Crippen MR) is 69.5 cm³/mol. The molecule has 1 atom stereocenters. The summed E-state index contributed by atoms with van der Waals surface area (Å²) in [4.78, 5) is 37.9. The van der Waals surface area contributed by atoms with Crippen molar-refractivity contribution in [3.05, 3.63) is 28.5 Å². The lowest BCUT2D eigenvalue weighted by atomic mass is 10.2. The summed E-state index contributed by atoms with van der Waals surface area (Å²) in [5, 5.41) is 11.3. The molecule has 0 radical (unpaired) electrons. The first-order valence-electron chi connectivity index (χ1n) is 5.57. The quantitative estimate of drug-likeness (QED) is 0.779. The van der Waals surface area contributed by atoms with E-state index in [2.05, 4.69) is 15.0 Å². The minimum atomic E-state index is -1.40. The molecule has 0 aliphatic carbocycles. The maximum Gasteiger partial charge on any atom is 0.326 e. The molecule has 108 valence electrons. The maximum absolute atomic E-state index is 11.9. The van der Waals surface area contributed by atoms with Gasteiger partial charge in [0, 0.05) is 11.9 Å². The van der Waals surface area contributed by atoms with Crippen LogP contribution in [-0.2, 0) is 14.3 Å². The van der Waals surface area contributed by atoms with Gasteiger partial charge in [-0.3, -0.25) is 14.6 Å². The highest BCUT2D eigenvalue weighted by molar-refractivity contribution is 6.33. The first-order chi connectivity index (χ1) is 9.35. The van der Waals surface area contributed by atoms with E-state index >= 15 is 0 Å². The molecule has 8 heteroatoms. The Morgan fingerprint density at radius 3 is 2.65 bits per heavy atom. The minimum Gasteiger partial charge on any atom is -0.480 e. The molecule has 2 N–H and O–H groups in total. The molecule has 20 heavy (non-hydrogen) atoms. The molecule has 7 nitrogen and oxygen atoms in total. The number of hydrogen-bond acceptors (Lipinski definition) is 5. The standard InChI is InChI=1S/C12H13ClN2O5/c1-6-3-8(13)7(5-14-6)11(17)15-9(12(18)19)4-10(16)20-2/h3,5,9H,4H2,1-2H3,(H,15,17)(H,18,19)/t9-/m0/s1. The van der Waals surface area contributed by atoms with Crippen molar-refractivity contribution in [1.29, 1.82) is 0 Å². The Morgan fingerprint density at radius 2 is 2.15 bits per heavy atom. The van der Waals surface area contributed by atoms with Crippen LogP contribution in [0, 0.1) is 6.92 Å². The van der Waals surface area contributed by atoms with Crippen LogP contribution in [0.3, 0.4) is 0 Å². The van der Waals surface area contributed by atoms with E-state index in [0.29, 0.717) is 5.69 Å². The largest absolute Gasteiger partial charge is 0.480 e. The first kappa shape index (κ1) is 15.9. The Hall–Kier alpha value is -2.15. The van der Waals surface area contributed by atoms with Gasteiger partial charge in [0.05, 0.1) is 24.1 Å². The summed E-state index contributed by atoms with van der Waals surface area (Å²) >= 11 is 5.88. The topological polar surface area (TPSA) is 106 Å². The molecule has 0 aliphatic heterocycles. The van der Waals surface area contributed by atoms with Crippen molar-refractivity contribution in [2.24, 2.45) is 0 Å². The van der Waals surface area contributed by atoms with Gasteiger partial charge in [-0.1, -0.05) is 11.6 Å². The van der Waals surface area contributed by atoms with Crippen LogP contribution in [0.2, 0.25) is 5.02 Å². The number of carboxylic acids is 1. The van der Waals surface area contributed by atoms with Gasteiger partial charge in [-0.05, 0) is 13.0 Å². The number of ether oxygens (including phenoxy) is 1. The normalized spacial score (nSPS) is 11.6. The van der Waals surface area contributed by atoms with Crippen LogP contribution in [-0.4, -0.2) is 41.1 Å². The summed E-state index contributed by atoms with van der Waals surface area (Å²) in [5.74, 6) is -2.82. The van der Waals surface area contributed by atoms with Gasteiger partial charge < -0.3 is 15.2 Å². The van der Waals surface area contributed by atoms with Crippen LogP contribution in [0.4, 0.5) is 0 Å². The minimum absolute atomic E-state index is 0.0355. The average Bonchev–Trinajstić information content (AvgIpc) is 2.37. The third kappa shape index (κ3) is 4.20. The third-order valence-corrected chi connectivity index (χ3v) is 2.75. The number of esters is 1. The molecule has 0 saturated carbocycles. The van der Waals surface area contributed by atoms with E-state index in [1.807, 2.05) is 0 Å². The van der Waals surface area contributed by atoms with Gasteiger partial charge in [0.2, 0.25) is 0 Å². The Morgan fingerprint density at radius 1 is 1.50 bits per heavy atom. The van der Waals surface area contributed by atoms with E-state index in [0.717, 1.165) is 7.11 Å². The zero-order chi connectivity index (χ0) is 15.3. The van der Waals surface area contributed by atoms with E-state index in [1.165, 1.54) is 12.3 Å². The number of hydrogen-bond donors (Lipinski definition) is 2.